The molecular formula is C19H21NO2. The smallest absolute Gasteiger partial charge is 0.220 e. The van der Waals surface area contributed by atoms with Crippen LogP contribution in [0.3, 0.4) is 0 Å². The highest BCUT2D eigenvalue weighted by Gasteiger charge is 2.22. The molecule has 0 bridgehead atoms. The maximum atomic E-state index is 12.1. The zero-order valence-corrected chi connectivity index (χ0v) is 12.8. The van der Waals surface area contributed by atoms with Gasteiger partial charge < -0.3 is 10.1 Å². The van der Waals surface area contributed by atoms with Gasteiger partial charge in [0.05, 0.1) is 6.54 Å². The van der Waals surface area contributed by atoms with Crippen molar-refractivity contribution in [3.05, 3.63) is 65.7 Å². The summed E-state index contributed by atoms with van der Waals surface area (Å²) in [6, 6.07) is 18.2. The number of carbonyl (C=O) groups is 1. The molecule has 1 heterocycles. The summed E-state index contributed by atoms with van der Waals surface area (Å²) in [7, 11) is 0. The first kappa shape index (κ1) is 14.6. The lowest BCUT2D eigenvalue weighted by Crippen LogP contribution is -2.34. The van der Waals surface area contributed by atoms with Gasteiger partial charge in [-0.15, -0.1) is 0 Å². The number of amides is 1. The molecule has 2 aromatic rings. The Balaban J connectivity index is 1.46. The van der Waals surface area contributed by atoms with E-state index in [0.29, 0.717) is 13.0 Å². The molecule has 3 rings (SSSR count). The van der Waals surface area contributed by atoms with Crippen LogP contribution in [0.15, 0.2) is 54.6 Å². The molecule has 2 atom stereocenters. The highest BCUT2D eigenvalue weighted by Crippen LogP contribution is 2.27. The normalized spacial score (nSPS) is 17.4. The molecule has 3 heteroatoms. The number of ether oxygens (including phenoxy) is 1. The Labute approximate surface area is 131 Å². The van der Waals surface area contributed by atoms with Gasteiger partial charge in [0.2, 0.25) is 5.91 Å². The number of para-hydroxylation sites is 1. The molecule has 1 amide bonds. The molecule has 0 radical (unpaired) electrons. The Kier molecular flexibility index (Phi) is 4.42. The SMILES string of the molecule is CC(CC(=O)NCC1Cc2ccccc2O1)c1ccccc1. The predicted molar refractivity (Wildman–Crippen MR) is 87.0 cm³/mol. The molecule has 3 nitrogen and oxygen atoms in total. The van der Waals surface area contributed by atoms with Crippen LogP contribution in [0.2, 0.25) is 0 Å². The fraction of sp³-hybridized carbons (Fsp3) is 0.316. The van der Waals surface area contributed by atoms with Crippen molar-refractivity contribution in [1.82, 2.24) is 5.32 Å². The summed E-state index contributed by atoms with van der Waals surface area (Å²) in [5.41, 5.74) is 2.42. The van der Waals surface area contributed by atoms with E-state index in [1.807, 2.05) is 36.4 Å². The summed E-state index contributed by atoms with van der Waals surface area (Å²) in [5, 5.41) is 3.00. The average molecular weight is 295 g/mol. The molecule has 0 spiro atoms. The van der Waals surface area contributed by atoms with Crippen molar-refractivity contribution >= 4 is 5.91 Å². The molecule has 0 fully saturated rings. The molecule has 114 valence electrons. The molecule has 0 aromatic heterocycles. The summed E-state index contributed by atoms with van der Waals surface area (Å²) < 4.78 is 5.83. The quantitative estimate of drug-likeness (QED) is 0.919. The van der Waals surface area contributed by atoms with Gasteiger partial charge in [0.25, 0.3) is 0 Å². The summed E-state index contributed by atoms with van der Waals surface area (Å²) >= 11 is 0. The van der Waals surface area contributed by atoms with Gasteiger partial charge >= 0.3 is 0 Å². The number of benzene rings is 2. The highest BCUT2D eigenvalue weighted by molar-refractivity contribution is 5.76. The number of fused-ring (bicyclic) bond motifs is 1. The van der Waals surface area contributed by atoms with Crippen molar-refractivity contribution in [3.63, 3.8) is 0 Å². The van der Waals surface area contributed by atoms with Crippen LogP contribution >= 0.6 is 0 Å². The number of hydrogen-bond acceptors (Lipinski definition) is 2. The minimum absolute atomic E-state index is 0.0494. The summed E-state index contributed by atoms with van der Waals surface area (Å²) in [6.07, 6.45) is 1.42. The van der Waals surface area contributed by atoms with Gasteiger partial charge in [-0.05, 0) is 23.1 Å². The minimum Gasteiger partial charge on any atom is -0.488 e. The Hall–Kier alpha value is -2.29. The van der Waals surface area contributed by atoms with Crippen LogP contribution in [0.5, 0.6) is 5.75 Å². The van der Waals surface area contributed by atoms with Crippen molar-refractivity contribution in [1.29, 1.82) is 0 Å². The van der Waals surface area contributed by atoms with Crippen LogP contribution in [0.4, 0.5) is 0 Å². The zero-order chi connectivity index (χ0) is 15.4. The minimum atomic E-state index is 0.0494. The van der Waals surface area contributed by atoms with Crippen LogP contribution in [0.25, 0.3) is 0 Å². The molecule has 1 aliphatic rings. The van der Waals surface area contributed by atoms with Crippen LogP contribution in [0.1, 0.15) is 30.4 Å². The molecule has 1 aliphatic heterocycles. The highest BCUT2D eigenvalue weighted by atomic mass is 16.5. The maximum absolute atomic E-state index is 12.1. The average Bonchev–Trinajstić information content (AvgIpc) is 2.96. The third-order valence-corrected chi connectivity index (χ3v) is 4.10. The molecule has 1 N–H and O–H groups in total. The fourth-order valence-electron chi connectivity index (χ4n) is 2.85. The van der Waals surface area contributed by atoms with Gasteiger partial charge in [0.15, 0.2) is 0 Å². The number of hydrogen-bond donors (Lipinski definition) is 1. The van der Waals surface area contributed by atoms with E-state index in [4.69, 9.17) is 4.74 Å². The van der Waals surface area contributed by atoms with E-state index in [9.17, 15) is 4.79 Å². The largest absolute Gasteiger partial charge is 0.488 e. The molecule has 2 aromatic carbocycles. The van der Waals surface area contributed by atoms with Crippen molar-refractivity contribution in [2.45, 2.75) is 31.8 Å². The second-order valence-corrected chi connectivity index (χ2v) is 5.87. The first-order valence-electron chi connectivity index (χ1n) is 7.78. The zero-order valence-electron chi connectivity index (χ0n) is 12.8. The second-order valence-electron chi connectivity index (χ2n) is 5.87. The molecule has 22 heavy (non-hydrogen) atoms. The van der Waals surface area contributed by atoms with E-state index in [0.717, 1.165) is 12.2 Å². The van der Waals surface area contributed by atoms with E-state index in [1.165, 1.54) is 11.1 Å². The first-order valence-corrected chi connectivity index (χ1v) is 7.78. The van der Waals surface area contributed by atoms with Crippen LogP contribution < -0.4 is 10.1 Å². The van der Waals surface area contributed by atoms with Gasteiger partial charge in [-0.25, -0.2) is 0 Å². The Morgan fingerprint density at radius 3 is 2.68 bits per heavy atom. The molecule has 2 unspecified atom stereocenters. The predicted octanol–water partition coefficient (Wildman–Crippen LogP) is 3.30. The van der Waals surface area contributed by atoms with Crippen molar-refractivity contribution in [3.8, 4) is 5.75 Å². The monoisotopic (exact) mass is 295 g/mol. The van der Waals surface area contributed by atoms with Gasteiger partial charge in [0.1, 0.15) is 11.9 Å². The van der Waals surface area contributed by atoms with Crippen LogP contribution in [0, 0.1) is 0 Å². The third-order valence-electron chi connectivity index (χ3n) is 4.10. The molecule has 0 saturated carbocycles. The Morgan fingerprint density at radius 1 is 1.18 bits per heavy atom. The van der Waals surface area contributed by atoms with Crippen LogP contribution in [-0.4, -0.2) is 18.6 Å². The fourth-order valence-corrected chi connectivity index (χ4v) is 2.85. The maximum Gasteiger partial charge on any atom is 0.220 e. The molecule has 0 saturated heterocycles. The molecular weight excluding hydrogens is 274 g/mol. The molecule has 0 aliphatic carbocycles. The van der Waals surface area contributed by atoms with Gasteiger partial charge in [-0.1, -0.05) is 55.5 Å². The third kappa shape index (κ3) is 3.48. The lowest BCUT2D eigenvalue weighted by molar-refractivity contribution is -0.121. The number of carbonyl (C=O) groups excluding carboxylic acids is 1. The summed E-state index contributed by atoms with van der Waals surface area (Å²) in [4.78, 5) is 12.1. The van der Waals surface area contributed by atoms with Gasteiger partial charge in [-0.3, -0.25) is 4.79 Å². The first-order chi connectivity index (χ1) is 10.7. The Morgan fingerprint density at radius 2 is 1.91 bits per heavy atom. The lowest BCUT2D eigenvalue weighted by Gasteiger charge is -2.14. The van der Waals surface area contributed by atoms with Crippen molar-refractivity contribution in [2.24, 2.45) is 0 Å². The second kappa shape index (κ2) is 6.65. The van der Waals surface area contributed by atoms with Crippen LogP contribution in [-0.2, 0) is 11.2 Å². The lowest BCUT2D eigenvalue weighted by atomic mass is 9.97. The number of rotatable bonds is 5. The van der Waals surface area contributed by atoms with E-state index >= 15 is 0 Å². The van der Waals surface area contributed by atoms with E-state index < -0.39 is 0 Å². The number of nitrogens with one attached hydrogen (secondary N) is 1. The van der Waals surface area contributed by atoms with Gasteiger partial charge in [0, 0.05) is 12.8 Å². The summed E-state index contributed by atoms with van der Waals surface area (Å²) in [5.74, 6) is 1.25. The standard InChI is InChI=1S/C19H21NO2/c1-14(15-7-3-2-4-8-15)11-19(21)20-13-17-12-16-9-5-6-10-18(16)22-17/h2-10,14,17H,11-13H2,1H3,(H,20,21). The van der Waals surface area contributed by atoms with Crippen molar-refractivity contribution in [2.75, 3.05) is 6.54 Å². The van der Waals surface area contributed by atoms with Crippen molar-refractivity contribution < 1.29 is 9.53 Å². The van der Waals surface area contributed by atoms with Gasteiger partial charge in [-0.2, -0.15) is 0 Å². The van der Waals surface area contributed by atoms with E-state index in [1.54, 1.807) is 0 Å². The topological polar surface area (TPSA) is 38.3 Å². The van der Waals surface area contributed by atoms with E-state index in [2.05, 4.69) is 30.4 Å². The van der Waals surface area contributed by atoms with E-state index in [-0.39, 0.29) is 17.9 Å². The Bertz CT molecular complexity index is 614. The summed E-state index contributed by atoms with van der Waals surface area (Å²) in [6.45, 7) is 2.64.